The molecule has 0 aromatic heterocycles. The number of azo groups is 1. The first-order chi connectivity index (χ1) is 15.7. The van der Waals surface area contributed by atoms with Crippen LogP contribution in [-0.2, 0) is 9.59 Å². The van der Waals surface area contributed by atoms with Crippen molar-refractivity contribution in [2.75, 3.05) is 32.8 Å². The first kappa shape index (κ1) is 26.2. The maximum Gasteiger partial charge on any atom is 0.258 e. The first-order valence-electron chi connectivity index (χ1n) is 9.98. The number of amides is 1. The first-order valence-corrected chi connectivity index (χ1v) is 10.7. The lowest BCUT2D eigenvalue weighted by Gasteiger charge is -2.14. The zero-order valence-electron chi connectivity index (χ0n) is 18.9. The van der Waals surface area contributed by atoms with E-state index in [1.54, 1.807) is 13.0 Å². The summed E-state index contributed by atoms with van der Waals surface area (Å²) in [6, 6.07) is 4.63. The highest BCUT2D eigenvalue weighted by Gasteiger charge is 2.24. The van der Waals surface area contributed by atoms with Crippen LogP contribution in [0.3, 0.4) is 0 Å². The molecule has 1 N–H and O–H groups in total. The van der Waals surface area contributed by atoms with Crippen molar-refractivity contribution < 1.29 is 28.5 Å². The smallest absolute Gasteiger partial charge is 0.258 e. The number of ether oxygens (including phenoxy) is 4. The number of nitrogens with zero attached hydrogens (tertiary/aromatic N) is 2. The van der Waals surface area contributed by atoms with Crippen molar-refractivity contribution in [3.8, 4) is 23.0 Å². The summed E-state index contributed by atoms with van der Waals surface area (Å²) < 4.78 is 21.4. The molecule has 1 amide bonds. The Morgan fingerprint density at radius 2 is 1.61 bits per heavy atom. The minimum Gasteiger partial charge on any atom is -0.493 e. The lowest BCUT2D eigenvalue weighted by Crippen LogP contribution is -2.31. The van der Waals surface area contributed by atoms with Crippen LogP contribution >= 0.6 is 23.2 Å². The number of benzene rings is 2. The zero-order chi connectivity index (χ0) is 24.5. The zero-order valence-corrected chi connectivity index (χ0v) is 20.4. The molecule has 178 valence electrons. The van der Waals surface area contributed by atoms with Crippen molar-refractivity contribution >= 4 is 46.3 Å². The average molecular weight is 498 g/mol. The highest BCUT2D eigenvalue weighted by molar-refractivity contribution is 6.33. The van der Waals surface area contributed by atoms with E-state index in [-0.39, 0.29) is 10.7 Å². The molecule has 0 radical (unpaired) electrons. The molecular formula is C22H25Cl2N3O6. The number of hydrogen-bond acceptors (Lipinski definition) is 8. The van der Waals surface area contributed by atoms with Gasteiger partial charge in [0.2, 0.25) is 6.04 Å². The minimum absolute atomic E-state index is 0.221. The molecule has 0 aliphatic heterocycles. The van der Waals surface area contributed by atoms with E-state index in [4.69, 9.17) is 42.1 Å². The van der Waals surface area contributed by atoms with Gasteiger partial charge in [-0.25, -0.2) is 0 Å². The summed E-state index contributed by atoms with van der Waals surface area (Å²) in [4.78, 5) is 25.0. The third-order valence-electron chi connectivity index (χ3n) is 4.23. The second kappa shape index (κ2) is 12.3. The lowest BCUT2D eigenvalue weighted by atomic mass is 10.2. The Hall–Kier alpha value is -3.04. The summed E-state index contributed by atoms with van der Waals surface area (Å²) in [5.41, 5.74) is 0.558. The van der Waals surface area contributed by atoms with Gasteiger partial charge in [0.1, 0.15) is 17.2 Å². The van der Waals surface area contributed by atoms with E-state index in [2.05, 4.69) is 15.5 Å². The number of rotatable bonds is 11. The Morgan fingerprint density at radius 1 is 0.939 bits per heavy atom. The fraction of sp³-hybridized carbons (Fsp3) is 0.364. The van der Waals surface area contributed by atoms with E-state index in [0.29, 0.717) is 46.9 Å². The second-order valence-electron chi connectivity index (χ2n) is 6.53. The van der Waals surface area contributed by atoms with E-state index >= 15 is 0 Å². The monoisotopic (exact) mass is 497 g/mol. The normalized spacial score (nSPS) is 11.7. The molecule has 0 aliphatic carbocycles. The molecule has 1 unspecified atom stereocenters. The van der Waals surface area contributed by atoms with E-state index in [1.165, 1.54) is 39.3 Å². The van der Waals surface area contributed by atoms with Gasteiger partial charge in [-0.1, -0.05) is 23.2 Å². The number of ketones is 1. The molecule has 2 aromatic carbocycles. The van der Waals surface area contributed by atoms with Crippen LogP contribution in [0.1, 0.15) is 20.8 Å². The van der Waals surface area contributed by atoms with Crippen molar-refractivity contribution in [3.63, 3.8) is 0 Å². The van der Waals surface area contributed by atoms with Gasteiger partial charge in [-0.3, -0.25) is 9.59 Å². The predicted octanol–water partition coefficient (Wildman–Crippen LogP) is 5.49. The van der Waals surface area contributed by atoms with Gasteiger partial charge < -0.3 is 24.3 Å². The van der Waals surface area contributed by atoms with Crippen molar-refractivity contribution in [2.45, 2.75) is 26.8 Å². The summed E-state index contributed by atoms with van der Waals surface area (Å²) >= 11 is 12.4. The Balaban J connectivity index is 2.34. The molecule has 0 aliphatic rings. The predicted molar refractivity (Wildman–Crippen MR) is 126 cm³/mol. The number of carbonyl (C=O) groups is 2. The van der Waals surface area contributed by atoms with Gasteiger partial charge in [-0.2, -0.15) is 10.2 Å². The van der Waals surface area contributed by atoms with Crippen LogP contribution in [0.2, 0.25) is 10.0 Å². The van der Waals surface area contributed by atoms with E-state index in [1.807, 2.05) is 6.92 Å². The Labute approximate surface area is 202 Å². The van der Waals surface area contributed by atoms with Crippen LogP contribution in [0.15, 0.2) is 34.5 Å². The van der Waals surface area contributed by atoms with Crippen LogP contribution in [0.25, 0.3) is 0 Å². The van der Waals surface area contributed by atoms with E-state index < -0.39 is 17.7 Å². The summed E-state index contributed by atoms with van der Waals surface area (Å²) in [5, 5.41) is 11.2. The highest BCUT2D eigenvalue weighted by Crippen LogP contribution is 2.39. The number of anilines is 1. The molecule has 0 heterocycles. The molecule has 0 saturated carbocycles. The molecule has 0 saturated heterocycles. The number of methoxy groups -OCH3 is 2. The standard InChI is InChI=1S/C22H25Cl2N3O6/c1-6-32-17-11-16(18(33-7-2)10-14(17)23)26-27-20(12(3)28)22(29)25-13-8-15(24)21(31-5)19(9-13)30-4/h8-11,20H,6-7H2,1-5H3,(H,25,29). The summed E-state index contributed by atoms with van der Waals surface area (Å²) in [7, 11) is 2.88. The van der Waals surface area contributed by atoms with Crippen LogP contribution in [0.4, 0.5) is 11.4 Å². The van der Waals surface area contributed by atoms with Crippen molar-refractivity contribution in [3.05, 3.63) is 34.3 Å². The Kier molecular flexibility index (Phi) is 9.74. The molecule has 2 rings (SSSR count). The highest BCUT2D eigenvalue weighted by atomic mass is 35.5. The minimum atomic E-state index is -1.42. The second-order valence-corrected chi connectivity index (χ2v) is 7.34. The van der Waals surface area contributed by atoms with Crippen LogP contribution < -0.4 is 24.3 Å². The van der Waals surface area contributed by atoms with Gasteiger partial charge in [0.05, 0.1) is 37.5 Å². The van der Waals surface area contributed by atoms with Crippen LogP contribution in [-0.4, -0.2) is 45.2 Å². The number of carbonyl (C=O) groups excluding carboxylic acids is 2. The Bertz CT molecular complexity index is 1050. The quantitative estimate of drug-likeness (QED) is 0.324. The van der Waals surface area contributed by atoms with Gasteiger partial charge in [0, 0.05) is 23.9 Å². The van der Waals surface area contributed by atoms with Gasteiger partial charge in [-0.15, -0.1) is 0 Å². The third kappa shape index (κ3) is 6.72. The van der Waals surface area contributed by atoms with Gasteiger partial charge >= 0.3 is 0 Å². The summed E-state index contributed by atoms with van der Waals surface area (Å²) in [6.07, 6.45) is 0. The molecule has 33 heavy (non-hydrogen) atoms. The molecule has 1 atom stereocenters. The van der Waals surface area contributed by atoms with Crippen LogP contribution in [0, 0.1) is 0 Å². The SMILES string of the molecule is CCOc1cc(N=NC(C(C)=O)C(=O)Nc2cc(Cl)c(OC)c(OC)c2)c(OCC)cc1Cl. The maximum absolute atomic E-state index is 12.8. The molecule has 0 bridgehead atoms. The number of hydrogen-bond donors (Lipinski definition) is 1. The Morgan fingerprint density at radius 3 is 2.18 bits per heavy atom. The molecule has 11 heteroatoms. The summed E-state index contributed by atoms with van der Waals surface area (Å²) in [6.45, 7) is 5.58. The van der Waals surface area contributed by atoms with Gasteiger partial charge in [0.25, 0.3) is 5.91 Å². The largest absolute Gasteiger partial charge is 0.493 e. The van der Waals surface area contributed by atoms with Crippen LogP contribution in [0.5, 0.6) is 23.0 Å². The number of Topliss-reactive ketones (excluding diaryl/α,β-unsaturated/α-hetero) is 1. The molecule has 0 spiro atoms. The summed E-state index contributed by atoms with van der Waals surface area (Å²) in [5.74, 6) is 0.124. The lowest BCUT2D eigenvalue weighted by molar-refractivity contribution is -0.126. The molecule has 0 fully saturated rings. The molecule has 9 nitrogen and oxygen atoms in total. The molecular weight excluding hydrogens is 473 g/mol. The van der Waals surface area contributed by atoms with Crippen molar-refractivity contribution in [1.29, 1.82) is 0 Å². The van der Waals surface area contributed by atoms with Crippen molar-refractivity contribution in [2.24, 2.45) is 10.2 Å². The van der Waals surface area contributed by atoms with Crippen molar-refractivity contribution in [1.82, 2.24) is 0 Å². The third-order valence-corrected chi connectivity index (χ3v) is 4.80. The van der Waals surface area contributed by atoms with E-state index in [9.17, 15) is 9.59 Å². The average Bonchev–Trinajstić information content (AvgIpc) is 2.76. The fourth-order valence-corrected chi connectivity index (χ4v) is 3.27. The topological polar surface area (TPSA) is 108 Å². The van der Waals surface area contributed by atoms with E-state index in [0.717, 1.165) is 0 Å². The van der Waals surface area contributed by atoms with Gasteiger partial charge in [0.15, 0.2) is 17.3 Å². The number of halogens is 2. The fourth-order valence-electron chi connectivity index (χ4n) is 2.78. The van der Waals surface area contributed by atoms with Gasteiger partial charge in [-0.05, 0) is 26.8 Å². The number of nitrogens with one attached hydrogen (secondary N) is 1. The molecule has 2 aromatic rings. The maximum atomic E-state index is 12.8.